The van der Waals surface area contributed by atoms with Crippen molar-refractivity contribution in [2.75, 3.05) is 18.5 Å². The Labute approximate surface area is 121 Å². The first kappa shape index (κ1) is 16.2. The highest BCUT2D eigenvalue weighted by molar-refractivity contribution is 7.18. The maximum absolute atomic E-state index is 11.6. The number of hydrogen-bond donors (Lipinski definition) is 2. The molecule has 2 amide bonds. The van der Waals surface area contributed by atoms with Crippen molar-refractivity contribution < 1.29 is 19.1 Å². The van der Waals surface area contributed by atoms with E-state index >= 15 is 0 Å². The van der Waals surface area contributed by atoms with Gasteiger partial charge in [-0.1, -0.05) is 0 Å². The molecule has 0 aliphatic carbocycles. The molecule has 7 heteroatoms. The molecular formula is C13H18N2O4S. The normalized spacial score (nSPS) is 9.95. The molecule has 0 bridgehead atoms. The SMILES string of the molecule is CCOC(=O)c1sc(NC(=O)CCNC(C)=O)cc1C. The third kappa shape index (κ3) is 5.00. The van der Waals surface area contributed by atoms with Crippen molar-refractivity contribution in [2.24, 2.45) is 0 Å². The number of rotatable bonds is 6. The Hall–Kier alpha value is -1.89. The van der Waals surface area contributed by atoms with Crippen LogP contribution >= 0.6 is 11.3 Å². The summed E-state index contributed by atoms with van der Waals surface area (Å²) in [4.78, 5) is 34.4. The number of thiophene rings is 1. The van der Waals surface area contributed by atoms with Gasteiger partial charge in [0.2, 0.25) is 11.8 Å². The van der Waals surface area contributed by atoms with Crippen LogP contribution in [0.1, 0.15) is 35.5 Å². The molecular weight excluding hydrogens is 280 g/mol. The topological polar surface area (TPSA) is 84.5 Å². The van der Waals surface area contributed by atoms with E-state index in [0.717, 1.165) is 5.56 Å². The molecule has 2 N–H and O–H groups in total. The van der Waals surface area contributed by atoms with E-state index in [9.17, 15) is 14.4 Å². The molecule has 1 heterocycles. The lowest BCUT2D eigenvalue weighted by Crippen LogP contribution is -2.25. The zero-order valence-electron chi connectivity index (χ0n) is 11.7. The van der Waals surface area contributed by atoms with Crippen LogP contribution in [0.25, 0.3) is 0 Å². The van der Waals surface area contributed by atoms with Crippen molar-refractivity contribution in [3.8, 4) is 0 Å². The number of carbonyl (C=O) groups excluding carboxylic acids is 3. The summed E-state index contributed by atoms with van der Waals surface area (Å²) in [5.74, 6) is -0.765. The molecule has 0 atom stereocenters. The minimum Gasteiger partial charge on any atom is -0.462 e. The molecule has 0 saturated carbocycles. The standard InChI is InChI=1S/C13H18N2O4S/c1-4-19-13(18)12-8(2)7-11(20-12)15-10(17)5-6-14-9(3)16/h7H,4-6H2,1-3H3,(H,14,16)(H,15,17). The molecule has 0 aliphatic rings. The van der Waals surface area contributed by atoms with Gasteiger partial charge in [-0.15, -0.1) is 11.3 Å². The Morgan fingerprint density at radius 2 is 2.05 bits per heavy atom. The first-order valence-electron chi connectivity index (χ1n) is 6.25. The van der Waals surface area contributed by atoms with Crippen LogP contribution in [-0.2, 0) is 14.3 Å². The van der Waals surface area contributed by atoms with Gasteiger partial charge in [-0.05, 0) is 25.5 Å². The van der Waals surface area contributed by atoms with Crippen LogP contribution in [0.4, 0.5) is 5.00 Å². The molecule has 0 radical (unpaired) electrons. The van der Waals surface area contributed by atoms with E-state index in [1.54, 1.807) is 19.9 Å². The molecule has 0 unspecified atom stereocenters. The maximum atomic E-state index is 11.6. The summed E-state index contributed by atoms with van der Waals surface area (Å²) >= 11 is 1.18. The summed E-state index contributed by atoms with van der Waals surface area (Å²) in [6.45, 7) is 5.53. The fourth-order valence-electron chi connectivity index (χ4n) is 1.49. The molecule has 0 aromatic carbocycles. The molecule has 0 spiro atoms. The van der Waals surface area contributed by atoms with Crippen LogP contribution in [-0.4, -0.2) is 30.9 Å². The molecule has 0 saturated heterocycles. The molecule has 0 aliphatic heterocycles. The summed E-state index contributed by atoms with van der Waals surface area (Å²) in [5, 5.41) is 5.83. The number of amides is 2. The largest absolute Gasteiger partial charge is 0.462 e. The van der Waals surface area contributed by atoms with E-state index in [2.05, 4.69) is 10.6 Å². The number of carbonyl (C=O) groups is 3. The van der Waals surface area contributed by atoms with Crippen molar-refractivity contribution in [1.29, 1.82) is 0 Å². The van der Waals surface area contributed by atoms with Crippen molar-refractivity contribution in [1.82, 2.24) is 5.32 Å². The van der Waals surface area contributed by atoms with Gasteiger partial charge in [0.25, 0.3) is 0 Å². The smallest absolute Gasteiger partial charge is 0.348 e. The van der Waals surface area contributed by atoms with Gasteiger partial charge < -0.3 is 15.4 Å². The van der Waals surface area contributed by atoms with Gasteiger partial charge in [0.05, 0.1) is 11.6 Å². The highest BCUT2D eigenvalue weighted by atomic mass is 32.1. The third-order valence-electron chi connectivity index (χ3n) is 2.37. The molecule has 20 heavy (non-hydrogen) atoms. The lowest BCUT2D eigenvalue weighted by molar-refractivity contribution is -0.119. The molecule has 0 fully saturated rings. The second-order valence-electron chi connectivity index (χ2n) is 4.12. The Morgan fingerprint density at radius 3 is 2.65 bits per heavy atom. The molecule has 110 valence electrons. The second-order valence-corrected chi connectivity index (χ2v) is 5.18. The van der Waals surface area contributed by atoms with E-state index in [4.69, 9.17) is 4.74 Å². The minimum absolute atomic E-state index is 0.172. The van der Waals surface area contributed by atoms with Gasteiger partial charge in [0, 0.05) is 19.9 Å². The van der Waals surface area contributed by atoms with E-state index in [1.807, 2.05) is 0 Å². The Balaban J connectivity index is 2.56. The second kappa shape index (κ2) is 7.64. The maximum Gasteiger partial charge on any atom is 0.348 e. The molecule has 1 aromatic rings. The van der Waals surface area contributed by atoms with E-state index in [0.29, 0.717) is 16.5 Å². The van der Waals surface area contributed by atoms with Crippen LogP contribution in [0.3, 0.4) is 0 Å². The highest BCUT2D eigenvalue weighted by Gasteiger charge is 2.15. The average Bonchev–Trinajstić information content (AvgIpc) is 2.70. The summed E-state index contributed by atoms with van der Waals surface area (Å²) < 4.78 is 4.93. The summed E-state index contributed by atoms with van der Waals surface area (Å²) in [6, 6.07) is 1.73. The number of anilines is 1. The minimum atomic E-state index is -0.381. The first-order chi connectivity index (χ1) is 9.43. The van der Waals surface area contributed by atoms with Crippen LogP contribution in [0.2, 0.25) is 0 Å². The quantitative estimate of drug-likeness (QED) is 0.783. The van der Waals surface area contributed by atoms with Crippen LogP contribution < -0.4 is 10.6 Å². The van der Waals surface area contributed by atoms with Crippen molar-refractivity contribution in [3.05, 3.63) is 16.5 Å². The summed E-state index contributed by atoms with van der Waals surface area (Å²) in [7, 11) is 0. The van der Waals surface area contributed by atoms with Gasteiger partial charge >= 0.3 is 5.97 Å². The molecule has 6 nitrogen and oxygen atoms in total. The number of hydrogen-bond acceptors (Lipinski definition) is 5. The predicted molar refractivity (Wildman–Crippen MR) is 76.9 cm³/mol. The zero-order chi connectivity index (χ0) is 15.1. The summed E-state index contributed by atoms with van der Waals surface area (Å²) in [6.07, 6.45) is 0.186. The third-order valence-corrected chi connectivity index (χ3v) is 3.50. The average molecular weight is 298 g/mol. The van der Waals surface area contributed by atoms with E-state index in [1.165, 1.54) is 18.3 Å². The summed E-state index contributed by atoms with van der Waals surface area (Å²) in [5.41, 5.74) is 0.769. The Morgan fingerprint density at radius 1 is 1.35 bits per heavy atom. The van der Waals surface area contributed by atoms with Gasteiger partial charge in [0.15, 0.2) is 0 Å². The van der Waals surface area contributed by atoms with E-state index in [-0.39, 0.29) is 30.7 Å². The van der Waals surface area contributed by atoms with Gasteiger partial charge in [0.1, 0.15) is 4.88 Å². The van der Waals surface area contributed by atoms with Crippen molar-refractivity contribution >= 4 is 34.1 Å². The fraction of sp³-hybridized carbons (Fsp3) is 0.462. The first-order valence-corrected chi connectivity index (χ1v) is 7.07. The number of nitrogens with one attached hydrogen (secondary N) is 2. The number of aryl methyl sites for hydroxylation is 1. The Kier molecular flexibility index (Phi) is 6.17. The van der Waals surface area contributed by atoms with Crippen LogP contribution in [0.15, 0.2) is 6.07 Å². The Bertz CT molecular complexity index is 510. The molecule has 1 aromatic heterocycles. The highest BCUT2D eigenvalue weighted by Crippen LogP contribution is 2.27. The fourth-order valence-corrected chi connectivity index (χ4v) is 2.48. The lowest BCUT2D eigenvalue weighted by atomic mass is 10.3. The van der Waals surface area contributed by atoms with Crippen molar-refractivity contribution in [3.63, 3.8) is 0 Å². The lowest BCUT2D eigenvalue weighted by Gasteiger charge is -2.03. The van der Waals surface area contributed by atoms with Crippen molar-refractivity contribution in [2.45, 2.75) is 27.2 Å². The van der Waals surface area contributed by atoms with Gasteiger partial charge in [-0.25, -0.2) is 4.79 Å². The number of esters is 1. The van der Waals surface area contributed by atoms with E-state index < -0.39 is 0 Å². The van der Waals surface area contributed by atoms with Gasteiger partial charge in [-0.2, -0.15) is 0 Å². The van der Waals surface area contributed by atoms with Crippen LogP contribution in [0.5, 0.6) is 0 Å². The predicted octanol–water partition coefficient (Wildman–Crippen LogP) is 1.70. The zero-order valence-corrected chi connectivity index (χ0v) is 12.6. The molecule has 1 rings (SSSR count). The number of ether oxygens (including phenoxy) is 1. The monoisotopic (exact) mass is 298 g/mol. The van der Waals surface area contributed by atoms with Gasteiger partial charge in [-0.3, -0.25) is 9.59 Å². The van der Waals surface area contributed by atoms with Crippen LogP contribution in [0, 0.1) is 6.92 Å².